The van der Waals surface area contributed by atoms with Crippen LogP contribution in [0.5, 0.6) is 0 Å². The van der Waals surface area contributed by atoms with E-state index in [1.54, 1.807) is 12.1 Å². The molecule has 0 fully saturated rings. The Labute approximate surface area is 122 Å². The van der Waals surface area contributed by atoms with Crippen LogP contribution in [0, 0.1) is 0 Å². The zero-order chi connectivity index (χ0) is 15.0. The van der Waals surface area contributed by atoms with Gasteiger partial charge in [-0.05, 0) is 29.5 Å². The van der Waals surface area contributed by atoms with Crippen LogP contribution < -0.4 is 0 Å². The van der Waals surface area contributed by atoms with E-state index in [0.717, 1.165) is 12.8 Å². The molecule has 0 aliphatic carbocycles. The molecule has 0 aliphatic heterocycles. The van der Waals surface area contributed by atoms with E-state index in [-0.39, 0.29) is 5.41 Å². The molecule has 0 spiro atoms. The Morgan fingerprint density at radius 2 is 1.70 bits per heavy atom. The zero-order valence-corrected chi connectivity index (χ0v) is 13.1. The van der Waals surface area contributed by atoms with E-state index in [1.165, 1.54) is 18.4 Å². The monoisotopic (exact) mass is 278 g/mol. The van der Waals surface area contributed by atoms with Crippen LogP contribution in [0.4, 0.5) is 0 Å². The lowest BCUT2D eigenvalue weighted by atomic mass is 9.87. The normalized spacial score (nSPS) is 11.4. The van der Waals surface area contributed by atoms with Gasteiger partial charge in [0.05, 0.1) is 12.2 Å². The van der Waals surface area contributed by atoms with Crippen molar-refractivity contribution in [1.82, 2.24) is 0 Å². The quantitative estimate of drug-likeness (QED) is 0.413. The molecule has 0 bridgehead atoms. The number of rotatable bonds is 7. The van der Waals surface area contributed by atoms with Crippen molar-refractivity contribution in [3.8, 4) is 0 Å². The molecule has 0 heterocycles. The van der Waals surface area contributed by atoms with Crippen LogP contribution in [0.15, 0.2) is 24.3 Å². The van der Waals surface area contributed by atoms with Crippen molar-refractivity contribution < 1.29 is 14.6 Å². The smallest absolute Gasteiger partial charge is 0.293 e. The third-order valence-electron chi connectivity index (χ3n) is 3.20. The van der Waals surface area contributed by atoms with E-state index in [1.807, 2.05) is 12.1 Å². The van der Waals surface area contributed by atoms with Gasteiger partial charge in [-0.1, -0.05) is 59.1 Å². The lowest BCUT2D eigenvalue weighted by Crippen LogP contribution is -2.12. The Bertz CT molecular complexity index is 401. The average Bonchev–Trinajstić information content (AvgIpc) is 2.41. The van der Waals surface area contributed by atoms with Gasteiger partial charge in [0.1, 0.15) is 0 Å². The summed E-state index contributed by atoms with van der Waals surface area (Å²) in [6, 6.07) is 7.47. The fourth-order valence-electron chi connectivity index (χ4n) is 1.84. The van der Waals surface area contributed by atoms with Gasteiger partial charge in [-0.15, -0.1) is 0 Å². The van der Waals surface area contributed by atoms with Crippen LogP contribution in [-0.4, -0.2) is 12.6 Å². The molecular formula is C17H26O3. The highest BCUT2D eigenvalue weighted by atomic mass is 17.2. The van der Waals surface area contributed by atoms with E-state index >= 15 is 0 Å². The van der Waals surface area contributed by atoms with Crippen molar-refractivity contribution in [2.75, 3.05) is 6.61 Å². The summed E-state index contributed by atoms with van der Waals surface area (Å²) in [5.41, 5.74) is 1.79. The first kappa shape index (κ1) is 16.7. The van der Waals surface area contributed by atoms with E-state index in [2.05, 4.69) is 27.7 Å². The molecule has 3 heteroatoms. The summed E-state index contributed by atoms with van der Waals surface area (Å²) < 4.78 is 0. The average molecular weight is 278 g/mol. The summed E-state index contributed by atoms with van der Waals surface area (Å²) in [4.78, 5) is 21.5. The maximum atomic E-state index is 11.7. The number of hydrogen-bond acceptors (Lipinski definition) is 3. The number of benzene rings is 1. The third kappa shape index (κ3) is 5.74. The van der Waals surface area contributed by atoms with Gasteiger partial charge in [-0.2, -0.15) is 4.89 Å². The highest BCUT2D eigenvalue weighted by Crippen LogP contribution is 2.22. The first-order chi connectivity index (χ1) is 9.45. The molecule has 1 rings (SSSR count). The highest BCUT2D eigenvalue weighted by Gasteiger charge is 2.15. The zero-order valence-electron chi connectivity index (χ0n) is 13.1. The summed E-state index contributed by atoms with van der Waals surface area (Å²) in [6.07, 6.45) is 4.39. The topological polar surface area (TPSA) is 35.5 Å². The van der Waals surface area contributed by atoms with Crippen molar-refractivity contribution in [1.29, 1.82) is 0 Å². The second-order valence-corrected chi connectivity index (χ2v) is 6.08. The predicted octanol–water partition coefficient (Wildman–Crippen LogP) is 4.65. The summed E-state index contributed by atoms with van der Waals surface area (Å²) >= 11 is 0. The van der Waals surface area contributed by atoms with Gasteiger partial charge >= 0.3 is 5.97 Å². The molecule has 0 saturated heterocycles. The number of unbranched alkanes of at least 4 members (excludes halogenated alkanes) is 3. The fraction of sp³-hybridized carbons (Fsp3) is 0.588. The molecule has 0 unspecified atom stereocenters. The van der Waals surface area contributed by atoms with Crippen LogP contribution in [0.3, 0.4) is 0 Å². The summed E-state index contributed by atoms with van der Waals surface area (Å²) in [5.74, 6) is -0.430. The van der Waals surface area contributed by atoms with Crippen molar-refractivity contribution in [2.45, 2.75) is 58.8 Å². The molecule has 0 aliphatic rings. The van der Waals surface area contributed by atoms with Gasteiger partial charge < -0.3 is 0 Å². The van der Waals surface area contributed by atoms with Gasteiger partial charge in [-0.25, -0.2) is 4.79 Å². The van der Waals surface area contributed by atoms with Gasteiger partial charge in [0, 0.05) is 0 Å². The Morgan fingerprint density at radius 1 is 1.05 bits per heavy atom. The Kier molecular flexibility index (Phi) is 6.73. The Hall–Kier alpha value is -1.35. The lowest BCUT2D eigenvalue weighted by molar-refractivity contribution is -0.241. The van der Waals surface area contributed by atoms with Gasteiger partial charge in [-0.3, -0.25) is 4.89 Å². The molecule has 0 amide bonds. The molecular weight excluding hydrogens is 252 g/mol. The minimum absolute atomic E-state index is 0.0816. The summed E-state index contributed by atoms with van der Waals surface area (Å²) in [5, 5.41) is 0. The number of carbonyl (C=O) groups is 1. The molecule has 1 aromatic rings. The van der Waals surface area contributed by atoms with Crippen molar-refractivity contribution >= 4 is 5.97 Å². The first-order valence-corrected chi connectivity index (χ1v) is 7.39. The minimum Gasteiger partial charge on any atom is -0.293 e. The molecule has 0 N–H and O–H groups in total. The largest absolute Gasteiger partial charge is 0.373 e. The van der Waals surface area contributed by atoms with Crippen LogP contribution in [0.2, 0.25) is 0 Å². The van der Waals surface area contributed by atoms with Crippen LogP contribution in [0.25, 0.3) is 0 Å². The van der Waals surface area contributed by atoms with Crippen molar-refractivity contribution in [2.24, 2.45) is 0 Å². The van der Waals surface area contributed by atoms with Gasteiger partial charge in [0.25, 0.3) is 0 Å². The second-order valence-electron chi connectivity index (χ2n) is 6.08. The van der Waals surface area contributed by atoms with Crippen LogP contribution >= 0.6 is 0 Å². The fourth-order valence-corrected chi connectivity index (χ4v) is 1.84. The predicted molar refractivity (Wildman–Crippen MR) is 80.7 cm³/mol. The lowest BCUT2D eigenvalue weighted by Gasteiger charge is -2.18. The van der Waals surface area contributed by atoms with Gasteiger partial charge in [0.2, 0.25) is 0 Å². The van der Waals surface area contributed by atoms with E-state index in [9.17, 15) is 4.79 Å². The van der Waals surface area contributed by atoms with E-state index in [4.69, 9.17) is 9.78 Å². The molecule has 1 aromatic carbocycles. The standard InChI is InChI=1S/C17H26O3/c1-5-6-7-8-13-19-20-16(18)14-9-11-15(12-10-14)17(2,3)4/h9-12H,5-8,13H2,1-4H3. The Balaban J connectivity index is 2.37. The molecule has 0 atom stereocenters. The van der Waals surface area contributed by atoms with Crippen LogP contribution in [0.1, 0.15) is 69.3 Å². The number of carbonyl (C=O) groups excluding carboxylic acids is 1. The van der Waals surface area contributed by atoms with E-state index < -0.39 is 5.97 Å². The van der Waals surface area contributed by atoms with E-state index in [0.29, 0.717) is 12.2 Å². The minimum atomic E-state index is -0.430. The van der Waals surface area contributed by atoms with Gasteiger partial charge in [0.15, 0.2) is 0 Å². The summed E-state index contributed by atoms with van der Waals surface area (Å²) in [6.45, 7) is 9.03. The SMILES string of the molecule is CCCCCCOOC(=O)c1ccc(C(C)(C)C)cc1. The molecule has 20 heavy (non-hydrogen) atoms. The first-order valence-electron chi connectivity index (χ1n) is 7.39. The molecule has 0 radical (unpaired) electrons. The molecule has 0 saturated carbocycles. The second kappa shape index (κ2) is 8.05. The highest BCUT2D eigenvalue weighted by molar-refractivity contribution is 5.88. The maximum Gasteiger partial charge on any atom is 0.373 e. The molecule has 112 valence electrons. The summed E-state index contributed by atoms with van der Waals surface area (Å²) in [7, 11) is 0. The van der Waals surface area contributed by atoms with Crippen LogP contribution in [-0.2, 0) is 15.2 Å². The van der Waals surface area contributed by atoms with Crippen molar-refractivity contribution in [3.05, 3.63) is 35.4 Å². The third-order valence-corrected chi connectivity index (χ3v) is 3.20. The van der Waals surface area contributed by atoms with Crippen molar-refractivity contribution in [3.63, 3.8) is 0 Å². The number of hydrogen-bond donors (Lipinski definition) is 0. The molecule has 3 nitrogen and oxygen atoms in total. The molecule has 0 aromatic heterocycles. The Morgan fingerprint density at radius 3 is 2.25 bits per heavy atom. The maximum absolute atomic E-state index is 11.7.